The molecule has 2 heterocycles. The maximum absolute atomic E-state index is 13.6. The molecule has 1 aromatic rings. The zero-order valence-electron chi connectivity index (χ0n) is 11.5. The van der Waals surface area contributed by atoms with E-state index in [0.717, 1.165) is 25.9 Å². The number of aliphatic hydroxyl groups is 1. The third kappa shape index (κ3) is 2.52. The second kappa shape index (κ2) is 5.51. The highest BCUT2D eigenvalue weighted by molar-refractivity contribution is 6.32. The Morgan fingerprint density at radius 3 is 2.75 bits per heavy atom. The molecule has 5 heteroatoms. The van der Waals surface area contributed by atoms with Crippen molar-refractivity contribution >= 4 is 11.6 Å². The summed E-state index contributed by atoms with van der Waals surface area (Å²) in [5, 5.41) is 10.6. The highest BCUT2D eigenvalue weighted by atomic mass is 35.5. The van der Waals surface area contributed by atoms with Crippen LogP contribution in [0.3, 0.4) is 0 Å². The number of ether oxygens (including phenoxy) is 1. The Balaban J connectivity index is 1.95. The molecule has 1 saturated heterocycles. The van der Waals surface area contributed by atoms with Crippen LogP contribution in [-0.4, -0.2) is 35.8 Å². The number of fused-ring (bicyclic) bond motifs is 1. The zero-order chi connectivity index (χ0) is 14.3. The number of nitrogens with zero attached hydrogens (tertiary/aromatic N) is 1. The molecule has 20 heavy (non-hydrogen) atoms. The summed E-state index contributed by atoms with van der Waals surface area (Å²) in [6, 6.07) is 2.47. The van der Waals surface area contributed by atoms with Crippen molar-refractivity contribution in [2.75, 3.05) is 19.7 Å². The number of likely N-dealkylation sites (tertiary alicyclic amines) is 1. The van der Waals surface area contributed by atoms with E-state index in [2.05, 4.69) is 11.8 Å². The van der Waals surface area contributed by atoms with Crippen LogP contribution in [0.25, 0.3) is 0 Å². The first kappa shape index (κ1) is 14.1. The lowest BCUT2D eigenvalue weighted by Gasteiger charge is -2.41. The molecule has 3 rings (SSSR count). The topological polar surface area (TPSA) is 32.7 Å². The number of hydrogen-bond donors (Lipinski definition) is 1. The molecule has 2 atom stereocenters. The van der Waals surface area contributed by atoms with Gasteiger partial charge in [0.25, 0.3) is 0 Å². The van der Waals surface area contributed by atoms with Gasteiger partial charge in [0.15, 0.2) is 0 Å². The minimum Gasteiger partial charge on any atom is -0.489 e. The van der Waals surface area contributed by atoms with Gasteiger partial charge in [0.2, 0.25) is 0 Å². The number of halogens is 2. The van der Waals surface area contributed by atoms with Crippen LogP contribution in [0.2, 0.25) is 5.02 Å². The summed E-state index contributed by atoms with van der Waals surface area (Å²) in [4.78, 5) is 2.22. The first-order valence-electron chi connectivity index (χ1n) is 7.10. The summed E-state index contributed by atoms with van der Waals surface area (Å²) in [5.41, 5.74) is 0.670. The van der Waals surface area contributed by atoms with E-state index in [1.54, 1.807) is 0 Å². The monoisotopic (exact) mass is 299 g/mol. The Hall–Kier alpha value is -0.840. The lowest BCUT2D eigenvalue weighted by atomic mass is 9.92. The summed E-state index contributed by atoms with van der Waals surface area (Å²) in [6.07, 6.45) is 1.55. The van der Waals surface area contributed by atoms with Gasteiger partial charge in [0, 0.05) is 5.56 Å². The third-order valence-electron chi connectivity index (χ3n) is 4.33. The first-order chi connectivity index (χ1) is 9.56. The molecule has 0 amide bonds. The van der Waals surface area contributed by atoms with Gasteiger partial charge in [-0.05, 0) is 44.0 Å². The quantitative estimate of drug-likeness (QED) is 0.865. The molecule has 0 saturated carbocycles. The van der Waals surface area contributed by atoms with E-state index >= 15 is 0 Å². The van der Waals surface area contributed by atoms with Crippen molar-refractivity contribution in [1.29, 1.82) is 0 Å². The molecule has 110 valence electrons. The van der Waals surface area contributed by atoms with Gasteiger partial charge in [-0.2, -0.15) is 0 Å². The van der Waals surface area contributed by atoms with Crippen molar-refractivity contribution in [3.8, 4) is 5.75 Å². The fourth-order valence-corrected chi connectivity index (χ4v) is 3.43. The predicted molar refractivity (Wildman–Crippen MR) is 75.6 cm³/mol. The van der Waals surface area contributed by atoms with Gasteiger partial charge < -0.3 is 9.84 Å². The standard InChI is InChI=1S/C15H19ClFNO2/c1-9-2-4-18(5-3-9)14-11-6-10(17)7-12(16)15(11)20-8-13(14)19/h6-7,9,13-14,19H,2-5,8H2,1H3. The van der Waals surface area contributed by atoms with Gasteiger partial charge in [0.05, 0.1) is 11.1 Å². The molecule has 2 aliphatic rings. The van der Waals surface area contributed by atoms with Gasteiger partial charge in [-0.1, -0.05) is 18.5 Å². The molecule has 0 aliphatic carbocycles. The molecule has 0 bridgehead atoms. The van der Waals surface area contributed by atoms with Crippen LogP contribution in [-0.2, 0) is 0 Å². The average molecular weight is 300 g/mol. The van der Waals surface area contributed by atoms with Crippen LogP contribution < -0.4 is 4.74 Å². The average Bonchev–Trinajstić information content (AvgIpc) is 2.40. The van der Waals surface area contributed by atoms with Crippen molar-refractivity contribution in [3.05, 3.63) is 28.5 Å². The van der Waals surface area contributed by atoms with Crippen LogP contribution in [0.15, 0.2) is 12.1 Å². The van der Waals surface area contributed by atoms with Crippen molar-refractivity contribution in [3.63, 3.8) is 0 Å². The zero-order valence-corrected chi connectivity index (χ0v) is 12.2. The summed E-state index contributed by atoms with van der Waals surface area (Å²) in [5.74, 6) is 0.836. The van der Waals surface area contributed by atoms with Crippen molar-refractivity contribution < 1.29 is 14.2 Å². The molecule has 1 fully saturated rings. The van der Waals surface area contributed by atoms with E-state index < -0.39 is 6.10 Å². The summed E-state index contributed by atoms with van der Waals surface area (Å²) in [6.45, 7) is 4.27. The van der Waals surface area contributed by atoms with Crippen molar-refractivity contribution in [2.45, 2.75) is 31.9 Å². The van der Waals surface area contributed by atoms with Crippen LogP contribution in [0.5, 0.6) is 5.75 Å². The maximum atomic E-state index is 13.6. The fraction of sp³-hybridized carbons (Fsp3) is 0.600. The highest BCUT2D eigenvalue weighted by Gasteiger charge is 2.36. The largest absolute Gasteiger partial charge is 0.489 e. The number of hydrogen-bond acceptors (Lipinski definition) is 3. The molecule has 2 aliphatic heterocycles. The lowest BCUT2D eigenvalue weighted by Crippen LogP contribution is -2.45. The molecule has 3 nitrogen and oxygen atoms in total. The van der Waals surface area contributed by atoms with Crippen LogP contribution in [0.1, 0.15) is 31.4 Å². The van der Waals surface area contributed by atoms with Crippen molar-refractivity contribution in [2.24, 2.45) is 5.92 Å². The summed E-state index contributed by atoms with van der Waals surface area (Å²) in [7, 11) is 0. The Morgan fingerprint density at radius 2 is 2.05 bits per heavy atom. The van der Waals surface area contributed by atoms with Crippen LogP contribution >= 0.6 is 11.6 Å². The second-order valence-corrected chi connectivity index (χ2v) is 6.25. The van der Waals surface area contributed by atoms with Gasteiger partial charge in [-0.3, -0.25) is 4.90 Å². The Labute approximate surface area is 123 Å². The minimum atomic E-state index is -0.645. The number of piperidine rings is 1. The molecule has 1 aromatic carbocycles. The molecule has 2 unspecified atom stereocenters. The Bertz CT molecular complexity index is 503. The van der Waals surface area contributed by atoms with Gasteiger partial charge in [-0.15, -0.1) is 0 Å². The molecule has 1 N–H and O–H groups in total. The highest BCUT2D eigenvalue weighted by Crippen LogP contribution is 2.42. The summed E-state index contributed by atoms with van der Waals surface area (Å²) >= 11 is 6.06. The Morgan fingerprint density at radius 1 is 1.35 bits per heavy atom. The van der Waals surface area contributed by atoms with E-state index in [-0.39, 0.29) is 23.5 Å². The molecular weight excluding hydrogens is 281 g/mol. The van der Waals surface area contributed by atoms with Crippen LogP contribution in [0, 0.1) is 11.7 Å². The van der Waals surface area contributed by atoms with E-state index in [1.807, 2.05) is 0 Å². The molecular formula is C15H19ClFNO2. The van der Waals surface area contributed by atoms with E-state index in [9.17, 15) is 9.50 Å². The predicted octanol–water partition coefficient (Wildman–Crippen LogP) is 3.01. The number of rotatable bonds is 1. The molecule has 0 spiro atoms. The smallest absolute Gasteiger partial charge is 0.143 e. The maximum Gasteiger partial charge on any atom is 0.143 e. The summed E-state index contributed by atoms with van der Waals surface area (Å²) < 4.78 is 19.1. The van der Waals surface area contributed by atoms with E-state index in [0.29, 0.717) is 17.2 Å². The minimum absolute atomic E-state index is 0.203. The van der Waals surface area contributed by atoms with E-state index in [4.69, 9.17) is 16.3 Å². The second-order valence-electron chi connectivity index (χ2n) is 5.85. The fourth-order valence-electron chi connectivity index (χ4n) is 3.17. The first-order valence-corrected chi connectivity index (χ1v) is 7.48. The lowest BCUT2D eigenvalue weighted by molar-refractivity contribution is -0.0115. The SMILES string of the molecule is CC1CCN(C2c3cc(F)cc(Cl)c3OCC2O)CC1. The van der Waals surface area contributed by atoms with Gasteiger partial charge in [0.1, 0.15) is 24.3 Å². The van der Waals surface area contributed by atoms with Crippen LogP contribution in [0.4, 0.5) is 4.39 Å². The van der Waals surface area contributed by atoms with Gasteiger partial charge in [-0.25, -0.2) is 4.39 Å². The third-order valence-corrected chi connectivity index (χ3v) is 4.61. The van der Waals surface area contributed by atoms with Crippen molar-refractivity contribution in [1.82, 2.24) is 4.90 Å². The Kier molecular flexibility index (Phi) is 3.89. The number of aliphatic hydroxyl groups excluding tert-OH is 1. The normalized spacial score (nSPS) is 28.0. The van der Waals surface area contributed by atoms with Gasteiger partial charge >= 0.3 is 0 Å². The molecule has 0 radical (unpaired) electrons. The molecule has 0 aromatic heterocycles. The van der Waals surface area contributed by atoms with E-state index in [1.165, 1.54) is 12.1 Å². The number of benzene rings is 1.